The summed E-state index contributed by atoms with van der Waals surface area (Å²) in [5, 5.41) is 4.17. The molecule has 1 N–H and O–H groups in total. The molecule has 1 aliphatic rings. The third kappa shape index (κ3) is 4.33. The van der Waals surface area contributed by atoms with Crippen molar-refractivity contribution in [2.45, 2.75) is 18.9 Å². The minimum Gasteiger partial charge on any atom is -0.383 e. The summed E-state index contributed by atoms with van der Waals surface area (Å²) >= 11 is 12.3. The van der Waals surface area contributed by atoms with Gasteiger partial charge in [0.05, 0.1) is 22.2 Å². The summed E-state index contributed by atoms with van der Waals surface area (Å²) in [6.45, 7) is 2.66. The van der Waals surface area contributed by atoms with E-state index in [9.17, 15) is 4.79 Å². The topological polar surface area (TPSA) is 41.6 Å². The number of benzene rings is 1. The number of methoxy groups -OCH3 is 1. The van der Waals surface area contributed by atoms with E-state index < -0.39 is 0 Å². The van der Waals surface area contributed by atoms with E-state index in [4.69, 9.17) is 27.9 Å². The van der Waals surface area contributed by atoms with Crippen molar-refractivity contribution in [3.63, 3.8) is 0 Å². The van der Waals surface area contributed by atoms with Gasteiger partial charge in [-0.2, -0.15) is 0 Å². The second kappa shape index (κ2) is 7.99. The van der Waals surface area contributed by atoms with Gasteiger partial charge in [0.25, 0.3) is 5.91 Å². The molecule has 1 aliphatic heterocycles. The lowest BCUT2D eigenvalue weighted by Gasteiger charge is -2.26. The van der Waals surface area contributed by atoms with Crippen LogP contribution in [0.15, 0.2) is 18.2 Å². The number of amides is 1. The van der Waals surface area contributed by atoms with Crippen LogP contribution in [-0.4, -0.2) is 50.2 Å². The maximum Gasteiger partial charge on any atom is 0.257 e. The molecule has 6 heteroatoms. The van der Waals surface area contributed by atoms with Crippen molar-refractivity contribution in [3.05, 3.63) is 33.8 Å². The zero-order valence-corrected chi connectivity index (χ0v) is 13.6. The van der Waals surface area contributed by atoms with Crippen LogP contribution in [0, 0.1) is 0 Å². The first kappa shape index (κ1) is 16.6. The SMILES string of the molecule is COCCN(CC1CCCN1)C(=O)c1c(Cl)cccc1Cl. The van der Waals surface area contributed by atoms with Gasteiger partial charge < -0.3 is 15.0 Å². The average Bonchev–Trinajstić information content (AvgIpc) is 2.96. The number of nitrogens with one attached hydrogen (secondary N) is 1. The summed E-state index contributed by atoms with van der Waals surface area (Å²) in [6, 6.07) is 5.43. The number of carbonyl (C=O) groups is 1. The Morgan fingerprint density at radius 3 is 2.71 bits per heavy atom. The van der Waals surface area contributed by atoms with Gasteiger partial charge in [0.2, 0.25) is 0 Å². The van der Waals surface area contributed by atoms with Crippen molar-refractivity contribution >= 4 is 29.1 Å². The Labute approximate surface area is 135 Å². The number of rotatable bonds is 6. The van der Waals surface area contributed by atoms with Crippen molar-refractivity contribution in [2.75, 3.05) is 33.4 Å². The van der Waals surface area contributed by atoms with E-state index in [0.29, 0.717) is 41.3 Å². The minimum atomic E-state index is -0.142. The fraction of sp³-hybridized carbons (Fsp3) is 0.533. The molecule has 1 aromatic carbocycles. The lowest BCUT2D eigenvalue weighted by Crippen LogP contribution is -2.42. The van der Waals surface area contributed by atoms with Crippen LogP contribution in [0.5, 0.6) is 0 Å². The van der Waals surface area contributed by atoms with Gasteiger partial charge in [-0.05, 0) is 31.5 Å². The molecule has 0 spiro atoms. The summed E-state index contributed by atoms with van der Waals surface area (Å²) in [6.07, 6.45) is 2.22. The molecule has 21 heavy (non-hydrogen) atoms. The van der Waals surface area contributed by atoms with E-state index >= 15 is 0 Å². The molecule has 0 radical (unpaired) electrons. The van der Waals surface area contributed by atoms with Crippen molar-refractivity contribution in [1.29, 1.82) is 0 Å². The molecule has 116 valence electrons. The summed E-state index contributed by atoms with van der Waals surface area (Å²) in [7, 11) is 1.62. The van der Waals surface area contributed by atoms with Gasteiger partial charge in [0.15, 0.2) is 0 Å². The molecule has 1 saturated heterocycles. The molecule has 1 aromatic rings. The quantitative estimate of drug-likeness (QED) is 0.872. The van der Waals surface area contributed by atoms with Crippen LogP contribution in [0.2, 0.25) is 10.0 Å². The van der Waals surface area contributed by atoms with Gasteiger partial charge in [-0.3, -0.25) is 4.79 Å². The normalized spacial score (nSPS) is 18.0. The van der Waals surface area contributed by atoms with E-state index in [2.05, 4.69) is 5.32 Å². The molecule has 1 heterocycles. The highest BCUT2D eigenvalue weighted by atomic mass is 35.5. The molecule has 0 saturated carbocycles. The first-order valence-electron chi connectivity index (χ1n) is 7.09. The first-order chi connectivity index (χ1) is 10.1. The van der Waals surface area contributed by atoms with Crippen LogP contribution in [-0.2, 0) is 4.74 Å². The Kier molecular flexibility index (Phi) is 6.30. The van der Waals surface area contributed by atoms with Crippen LogP contribution in [0.25, 0.3) is 0 Å². The third-order valence-electron chi connectivity index (χ3n) is 3.63. The molecule has 4 nitrogen and oxygen atoms in total. The number of hydrogen-bond acceptors (Lipinski definition) is 3. The minimum absolute atomic E-state index is 0.142. The van der Waals surface area contributed by atoms with E-state index in [1.54, 1.807) is 30.2 Å². The van der Waals surface area contributed by atoms with Gasteiger partial charge in [0, 0.05) is 26.2 Å². The molecule has 0 aliphatic carbocycles. The number of ether oxygens (including phenoxy) is 1. The molecular formula is C15H20Cl2N2O2. The van der Waals surface area contributed by atoms with Crippen LogP contribution < -0.4 is 5.32 Å². The maximum absolute atomic E-state index is 12.8. The van der Waals surface area contributed by atoms with Gasteiger partial charge in [-0.25, -0.2) is 0 Å². The van der Waals surface area contributed by atoms with Crippen molar-refractivity contribution in [2.24, 2.45) is 0 Å². The summed E-state index contributed by atoms with van der Waals surface area (Å²) in [5.41, 5.74) is 0.370. The third-order valence-corrected chi connectivity index (χ3v) is 4.26. The lowest BCUT2D eigenvalue weighted by molar-refractivity contribution is 0.0679. The van der Waals surface area contributed by atoms with E-state index in [1.165, 1.54) is 0 Å². The largest absolute Gasteiger partial charge is 0.383 e. The molecular weight excluding hydrogens is 311 g/mol. The highest BCUT2D eigenvalue weighted by Crippen LogP contribution is 2.26. The zero-order valence-electron chi connectivity index (χ0n) is 12.1. The van der Waals surface area contributed by atoms with Gasteiger partial charge in [0.1, 0.15) is 0 Å². The van der Waals surface area contributed by atoms with Gasteiger partial charge in [-0.15, -0.1) is 0 Å². The predicted molar refractivity (Wildman–Crippen MR) is 85.3 cm³/mol. The standard InChI is InChI=1S/C15H20Cl2N2O2/c1-21-9-8-19(10-11-4-3-7-18-11)15(20)14-12(16)5-2-6-13(14)17/h2,5-6,11,18H,3-4,7-10H2,1H3. The monoisotopic (exact) mass is 330 g/mol. The van der Waals surface area contributed by atoms with Crippen molar-refractivity contribution in [1.82, 2.24) is 10.2 Å². The first-order valence-corrected chi connectivity index (χ1v) is 7.84. The average molecular weight is 331 g/mol. The Bertz CT molecular complexity index is 470. The van der Waals surface area contributed by atoms with E-state index in [1.807, 2.05) is 0 Å². The van der Waals surface area contributed by atoms with Crippen LogP contribution >= 0.6 is 23.2 Å². The molecule has 1 fully saturated rings. The molecule has 1 atom stereocenters. The molecule has 0 bridgehead atoms. The van der Waals surface area contributed by atoms with Crippen molar-refractivity contribution < 1.29 is 9.53 Å². The summed E-state index contributed by atoms with van der Waals surface area (Å²) < 4.78 is 5.10. The molecule has 1 unspecified atom stereocenters. The lowest BCUT2D eigenvalue weighted by atomic mass is 10.1. The fourth-order valence-electron chi connectivity index (χ4n) is 2.52. The number of nitrogens with zero attached hydrogens (tertiary/aromatic N) is 1. The maximum atomic E-state index is 12.8. The smallest absolute Gasteiger partial charge is 0.257 e. The second-order valence-electron chi connectivity index (χ2n) is 5.13. The van der Waals surface area contributed by atoms with Crippen LogP contribution in [0.4, 0.5) is 0 Å². The van der Waals surface area contributed by atoms with E-state index in [-0.39, 0.29) is 5.91 Å². The van der Waals surface area contributed by atoms with Crippen molar-refractivity contribution in [3.8, 4) is 0 Å². The second-order valence-corrected chi connectivity index (χ2v) is 5.95. The fourth-order valence-corrected chi connectivity index (χ4v) is 3.08. The van der Waals surface area contributed by atoms with Gasteiger partial charge in [-0.1, -0.05) is 29.3 Å². The number of hydrogen-bond donors (Lipinski definition) is 1. The Morgan fingerprint density at radius 1 is 1.43 bits per heavy atom. The molecule has 2 rings (SSSR count). The molecule has 1 amide bonds. The predicted octanol–water partition coefficient (Wildman–Crippen LogP) is 2.83. The Hall–Kier alpha value is -0.810. The Balaban J connectivity index is 2.16. The highest BCUT2D eigenvalue weighted by molar-refractivity contribution is 6.39. The molecule has 0 aromatic heterocycles. The zero-order chi connectivity index (χ0) is 15.2. The van der Waals surface area contributed by atoms with Crippen LogP contribution in [0.1, 0.15) is 23.2 Å². The highest BCUT2D eigenvalue weighted by Gasteiger charge is 2.25. The number of halogens is 2. The van der Waals surface area contributed by atoms with E-state index in [0.717, 1.165) is 19.4 Å². The summed E-state index contributed by atoms with van der Waals surface area (Å²) in [4.78, 5) is 14.5. The number of carbonyl (C=O) groups excluding carboxylic acids is 1. The van der Waals surface area contributed by atoms with Crippen LogP contribution in [0.3, 0.4) is 0 Å². The van der Waals surface area contributed by atoms with Gasteiger partial charge >= 0.3 is 0 Å². The summed E-state index contributed by atoms with van der Waals surface area (Å²) in [5.74, 6) is -0.142. The Morgan fingerprint density at radius 2 is 2.14 bits per heavy atom.